The molecule has 0 unspecified atom stereocenters. The summed E-state index contributed by atoms with van der Waals surface area (Å²) in [4.78, 5) is 14.9. The van der Waals surface area contributed by atoms with Crippen LogP contribution in [0.25, 0.3) is 11.2 Å². The fraction of sp³-hybridized carbons (Fsp3) is 0.444. The minimum atomic E-state index is -2.96. The summed E-state index contributed by atoms with van der Waals surface area (Å²) in [5.41, 5.74) is 1.24. The van der Waals surface area contributed by atoms with Crippen molar-refractivity contribution in [1.82, 2.24) is 19.9 Å². The van der Waals surface area contributed by atoms with Crippen LogP contribution >= 0.6 is 0 Å². The Morgan fingerprint density at radius 2 is 2.18 bits per heavy atom. The van der Waals surface area contributed by atoms with Gasteiger partial charge < -0.3 is 10.3 Å². The summed E-state index contributed by atoms with van der Waals surface area (Å²) >= 11 is 0. The molecule has 0 amide bonds. The molecule has 0 aliphatic carbocycles. The lowest BCUT2D eigenvalue weighted by Gasteiger charge is -2.05. The second-order valence-electron chi connectivity index (χ2n) is 3.49. The van der Waals surface area contributed by atoms with E-state index in [1.807, 2.05) is 0 Å². The molecule has 0 saturated carbocycles. The molecule has 2 rings (SSSR count). The van der Waals surface area contributed by atoms with Gasteiger partial charge in [-0.25, -0.2) is 23.4 Å². The fourth-order valence-electron chi connectivity index (χ4n) is 1.37. The van der Waals surface area contributed by atoms with Crippen molar-refractivity contribution in [3.63, 3.8) is 0 Å². The highest BCUT2D eigenvalue weighted by Crippen LogP contribution is 2.13. The van der Waals surface area contributed by atoms with Gasteiger partial charge in [0.1, 0.15) is 11.8 Å². The predicted molar refractivity (Wildman–Crippen MR) is 64.5 cm³/mol. The molecule has 0 aromatic carbocycles. The second kappa shape index (κ2) is 4.66. The number of sulfone groups is 1. The van der Waals surface area contributed by atoms with E-state index in [9.17, 15) is 8.42 Å². The molecule has 2 heterocycles. The number of nitrogens with zero attached hydrogens (tertiary/aromatic N) is 3. The van der Waals surface area contributed by atoms with Gasteiger partial charge in [-0.3, -0.25) is 0 Å². The molecule has 7 nitrogen and oxygen atoms in total. The van der Waals surface area contributed by atoms with Crippen LogP contribution in [-0.4, -0.2) is 46.4 Å². The van der Waals surface area contributed by atoms with E-state index in [1.54, 1.807) is 6.92 Å². The molecule has 8 heteroatoms. The summed E-state index contributed by atoms with van der Waals surface area (Å²) in [6.07, 6.45) is 2.91. The van der Waals surface area contributed by atoms with E-state index in [0.717, 1.165) is 0 Å². The molecule has 0 bridgehead atoms. The van der Waals surface area contributed by atoms with Crippen molar-refractivity contribution in [3.05, 3.63) is 12.7 Å². The first-order chi connectivity index (χ1) is 8.12. The van der Waals surface area contributed by atoms with Gasteiger partial charge in [0.2, 0.25) is 0 Å². The quantitative estimate of drug-likeness (QED) is 0.791. The van der Waals surface area contributed by atoms with Gasteiger partial charge in [0.25, 0.3) is 0 Å². The summed E-state index contributed by atoms with van der Waals surface area (Å²) in [7, 11) is -2.96. The number of imidazole rings is 1. The molecule has 0 radical (unpaired) electrons. The molecule has 2 aromatic heterocycles. The zero-order valence-corrected chi connectivity index (χ0v) is 10.2. The van der Waals surface area contributed by atoms with Crippen molar-refractivity contribution in [1.29, 1.82) is 0 Å². The largest absolute Gasteiger partial charge is 0.367 e. The topological polar surface area (TPSA) is 101 Å². The first-order valence-electron chi connectivity index (χ1n) is 5.21. The number of anilines is 1. The van der Waals surface area contributed by atoms with Crippen LogP contribution in [0.15, 0.2) is 12.7 Å². The van der Waals surface area contributed by atoms with Gasteiger partial charge in [0.05, 0.1) is 12.1 Å². The molecular formula is C9H13N5O2S. The van der Waals surface area contributed by atoms with Gasteiger partial charge >= 0.3 is 0 Å². The van der Waals surface area contributed by atoms with E-state index in [-0.39, 0.29) is 11.5 Å². The zero-order chi connectivity index (χ0) is 12.3. The first kappa shape index (κ1) is 11.8. The van der Waals surface area contributed by atoms with Gasteiger partial charge in [-0.1, -0.05) is 6.92 Å². The summed E-state index contributed by atoms with van der Waals surface area (Å²) in [6.45, 7) is 1.95. The molecule has 0 saturated heterocycles. The van der Waals surface area contributed by atoms with Gasteiger partial charge in [-0.15, -0.1) is 0 Å². The summed E-state index contributed by atoms with van der Waals surface area (Å²) in [5, 5.41) is 2.96. The van der Waals surface area contributed by atoms with Crippen LogP contribution in [0.3, 0.4) is 0 Å². The normalized spacial score (nSPS) is 11.8. The monoisotopic (exact) mass is 255 g/mol. The molecule has 17 heavy (non-hydrogen) atoms. The van der Waals surface area contributed by atoms with Crippen molar-refractivity contribution in [2.45, 2.75) is 6.92 Å². The molecule has 0 atom stereocenters. The number of hydrogen-bond acceptors (Lipinski definition) is 6. The zero-order valence-electron chi connectivity index (χ0n) is 9.34. The highest BCUT2D eigenvalue weighted by atomic mass is 32.2. The molecule has 0 aliphatic rings. The minimum absolute atomic E-state index is 0.0864. The number of aromatic nitrogens is 4. The van der Waals surface area contributed by atoms with Gasteiger partial charge in [0, 0.05) is 12.3 Å². The molecular weight excluding hydrogens is 242 g/mol. The Hall–Kier alpha value is -1.70. The maximum absolute atomic E-state index is 11.3. The van der Waals surface area contributed by atoms with Crippen LogP contribution in [0.5, 0.6) is 0 Å². The van der Waals surface area contributed by atoms with Crippen molar-refractivity contribution >= 4 is 26.8 Å². The Labute approximate surface area is 98.6 Å². The standard InChI is InChI=1S/C9H13N5O2S/c1-2-17(15,16)4-3-10-8-7-9(12-5-11-7)14-6-13-8/h5-6H,2-4H2,1H3,(H2,10,11,12,13,14). The average molecular weight is 255 g/mol. The molecule has 0 fully saturated rings. The van der Waals surface area contributed by atoms with Crippen LogP contribution in [-0.2, 0) is 9.84 Å². The van der Waals surface area contributed by atoms with E-state index >= 15 is 0 Å². The Kier molecular flexibility index (Phi) is 3.23. The molecule has 2 aromatic rings. The Morgan fingerprint density at radius 1 is 1.35 bits per heavy atom. The predicted octanol–water partition coefficient (Wildman–Crippen LogP) is 0.199. The van der Waals surface area contributed by atoms with Crippen LogP contribution in [0.1, 0.15) is 6.92 Å². The number of hydrogen-bond donors (Lipinski definition) is 2. The van der Waals surface area contributed by atoms with E-state index < -0.39 is 9.84 Å². The van der Waals surface area contributed by atoms with Gasteiger partial charge in [-0.2, -0.15) is 0 Å². The molecule has 0 aliphatic heterocycles. The summed E-state index contributed by atoms with van der Waals surface area (Å²) < 4.78 is 22.6. The van der Waals surface area contributed by atoms with Crippen molar-refractivity contribution in [2.75, 3.05) is 23.4 Å². The maximum Gasteiger partial charge on any atom is 0.182 e. The lowest BCUT2D eigenvalue weighted by Crippen LogP contribution is -2.17. The SMILES string of the molecule is CCS(=O)(=O)CCNc1ncnc2nc[nH]c12. The van der Waals surface area contributed by atoms with Crippen molar-refractivity contribution in [3.8, 4) is 0 Å². The van der Waals surface area contributed by atoms with Gasteiger partial charge in [-0.05, 0) is 0 Å². The number of H-pyrrole nitrogens is 1. The Morgan fingerprint density at radius 3 is 2.94 bits per heavy atom. The van der Waals surface area contributed by atoms with Crippen LogP contribution in [0, 0.1) is 0 Å². The smallest absolute Gasteiger partial charge is 0.182 e. The second-order valence-corrected chi connectivity index (χ2v) is 5.96. The lowest BCUT2D eigenvalue weighted by molar-refractivity contribution is 0.597. The van der Waals surface area contributed by atoms with Gasteiger partial charge in [0.15, 0.2) is 21.3 Å². The first-order valence-corrected chi connectivity index (χ1v) is 7.03. The molecule has 0 spiro atoms. The van der Waals surface area contributed by atoms with Crippen LogP contribution in [0.4, 0.5) is 5.82 Å². The maximum atomic E-state index is 11.3. The van der Waals surface area contributed by atoms with E-state index in [4.69, 9.17) is 0 Å². The number of fused-ring (bicyclic) bond motifs is 1. The third kappa shape index (κ3) is 2.70. The highest BCUT2D eigenvalue weighted by Gasteiger charge is 2.09. The number of rotatable bonds is 5. The van der Waals surface area contributed by atoms with Crippen molar-refractivity contribution < 1.29 is 8.42 Å². The Bertz CT molecular complexity index is 607. The van der Waals surface area contributed by atoms with Crippen LogP contribution in [0.2, 0.25) is 0 Å². The Balaban J connectivity index is 2.07. The lowest BCUT2D eigenvalue weighted by atomic mass is 10.5. The van der Waals surface area contributed by atoms with E-state index in [2.05, 4.69) is 25.3 Å². The number of nitrogens with one attached hydrogen (secondary N) is 2. The highest BCUT2D eigenvalue weighted by molar-refractivity contribution is 7.91. The molecule has 2 N–H and O–H groups in total. The average Bonchev–Trinajstić information content (AvgIpc) is 2.78. The van der Waals surface area contributed by atoms with E-state index in [0.29, 0.717) is 23.5 Å². The fourth-order valence-corrected chi connectivity index (χ4v) is 2.07. The van der Waals surface area contributed by atoms with Crippen molar-refractivity contribution in [2.24, 2.45) is 0 Å². The number of aromatic amines is 1. The summed E-state index contributed by atoms with van der Waals surface area (Å²) in [6, 6.07) is 0. The minimum Gasteiger partial charge on any atom is -0.367 e. The summed E-state index contributed by atoms with van der Waals surface area (Å²) in [5.74, 6) is 0.805. The third-order valence-corrected chi connectivity index (χ3v) is 4.07. The third-order valence-electron chi connectivity index (χ3n) is 2.37. The molecule has 92 valence electrons. The van der Waals surface area contributed by atoms with E-state index in [1.165, 1.54) is 12.7 Å². The van der Waals surface area contributed by atoms with Crippen LogP contribution < -0.4 is 5.32 Å².